The van der Waals surface area contributed by atoms with Gasteiger partial charge >= 0.3 is 18.0 Å². The number of rotatable bonds is 6. The van der Waals surface area contributed by atoms with Crippen LogP contribution in [-0.4, -0.2) is 47.2 Å². The second-order valence-corrected chi connectivity index (χ2v) is 13.1. The summed E-state index contributed by atoms with van der Waals surface area (Å²) in [7, 11) is 0. The van der Waals surface area contributed by atoms with Crippen molar-refractivity contribution in [3.05, 3.63) is 22.8 Å². The van der Waals surface area contributed by atoms with Gasteiger partial charge in [-0.25, -0.2) is 4.79 Å². The molecule has 0 aliphatic carbocycles. The van der Waals surface area contributed by atoms with E-state index in [1.165, 1.54) is 0 Å². The standard InChI is InChI=1S/C23H30I3NO6/c1-22(2,3)33-21(30)27-10-8-14(9-11-27)23(4,5)32-19(29)7-6-18(28)31-20-16(25)12-15(24)13-17(20)26/h12-14H,6-11H2,1-5H3. The third-order valence-electron chi connectivity index (χ3n) is 5.22. The molecule has 0 atom stereocenters. The van der Waals surface area contributed by atoms with Crippen LogP contribution >= 0.6 is 67.8 Å². The monoisotopic (exact) mass is 797 g/mol. The summed E-state index contributed by atoms with van der Waals surface area (Å²) in [6.45, 7) is 10.4. The Balaban J connectivity index is 1.81. The molecule has 7 nitrogen and oxygen atoms in total. The largest absolute Gasteiger partial charge is 0.459 e. The van der Waals surface area contributed by atoms with Gasteiger partial charge in [-0.1, -0.05) is 0 Å². The average molecular weight is 797 g/mol. The van der Waals surface area contributed by atoms with Gasteiger partial charge < -0.3 is 19.1 Å². The molecule has 0 aromatic heterocycles. The fourth-order valence-electron chi connectivity index (χ4n) is 3.51. The van der Waals surface area contributed by atoms with Crippen molar-refractivity contribution in [1.29, 1.82) is 0 Å². The van der Waals surface area contributed by atoms with E-state index in [2.05, 4.69) is 67.8 Å². The van der Waals surface area contributed by atoms with Crippen LogP contribution in [0.2, 0.25) is 0 Å². The number of nitrogens with zero attached hydrogens (tertiary/aromatic N) is 1. The molecule has 0 bridgehead atoms. The van der Waals surface area contributed by atoms with E-state index >= 15 is 0 Å². The van der Waals surface area contributed by atoms with Crippen LogP contribution in [0.15, 0.2) is 12.1 Å². The topological polar surface area (TPSA) is 82.1 Å². The summed E-state index contributed by atoms with van der Waals surface area (Å²) < 4.78 is 19.4. The van der Waals surface area contributed by atoms with Crippen molar-refractivity contribution in [1.82, 2.24) is 4.90 Å². The molecule has 1 aliphatic rings. The van der Waals surface area contributed by atoms with Gasteiger partial charge in [-0.3, -0.25) is 9.59 Å². The fourth-order valence-corrected chi connectivity index (χ4v) is 7.31. The van der Waals surface area contributed by atoms with E-state index in [-0.39, 0.29) is 24.9 Å². The highest BCUT2D eigenvalue weighted by molar-refractivity contribution is 14.1. The van der Waals surface area contributed by atoms with Crippen molar-refractivity contribution < 1.29 is 28.6 Å². The van der Waals surface area contributed by atoms with Crippen molar-refractivity contribution in [2.75, 3.05) is 13.1 Å². The molecular formula is C23H30I3NO6. The lowest BCUT2D eigenvalue weighted by Gasteiger charge is -2.40. The minimum Gasteiger partial charge on any atom is -0.459 e. The van der Waals surface area contributed by atoms with Crippen LogP contribution in [0.1, 0.15) is 60.3 Å². The molecule has 1 amide bonds. The maximum Gasteiger partial charge on any atom is 0.410 e. The number of halogens is 3. The number of likely N-dealkylation sites (tertiary alicyclic amines) is 1. The number of piperidine rings is 1. The first-order valence-electron chi connectivity index (χ1n) is 10.7. The second-order valence-electron chi connectivity index (χ2n) is 9.49. The summed E-state index contributed by atoms with van der Waals surface area (Å²) in [6.07, 6.45) is 1.02. The molecule has 1 aromatic carbocycles. The van der Waals surface area contributed by atoms with Crippen LogP contribution < -0.4 is 4.74 Å². The van der Waals surface area contributed by atoms with Gasteiger partial charge in [-0.15, -0.1) is 0 Å². The number of amides is 1. The first-order chi connectivity index (χ1) is 15.2. The molecule has 0 unspecified atom stereocenters. The molecule has 1 heterocycles. The summed E-state index contributed by atoms with van der Waals surface area (Å²) in [5.41, 5.74) is -1.22. The minimum atomic E-state index is -0.693. The molecule has 2 rings (SSSR count). The molecule has 0 N–H and O–H groups in total. The quantitative estimate of drug-likeness (QED) is 0.195. The Morgan fingerprint density at radius 1 is 0.909 bits per heavy atom. The number of carbonyl (C=O) groups excluding carboxylic acids is 3. The zero-order valence-corrected chi connectivity index (χ0v) is 26.0. The van der Waals surface area contributed by atoms with Gasteiger partial charge in [0.15, 0.2) is 5.75 Å². The Morgan fingerprint density at radius 3 is 1.94 bits per heavy atom. The number of benzene rings is 1. The average Bonchev–Trinajstić information content (AvgIpc) is 2.67. The fraction of sp³-hybridized carbons (Fsp3) is 0.609. The van der Waals surface area contributed by atoms with Gasteiger partial charge in [-0.2, -0.15) is 0 Å². The van der Waals surface area contributed by atoms with E-state index in [1.54, 1.807) is 4.90 Å². The third-order valence-corrected chi connectivity index (χ3v) is 7.44. The van der Waals surface area contributed by atoms with Crippen molar-refractivity contribution >= 4 is 85.8 Å². The Morgan fingerprint density at radius 2 is 1.42 bits per heavy atom. The highest BCUT2D eigenvalue weighted by atomic mass is 127. The lowest BCUT2D eigenvalue weighted by molar-refractivity contribution is -0.165. The summed E-state index contributed by atoms with van der Waals surface area (Å²) in [4.78, 5) is 38.7. The number of hydrogen-bond donors (Lipinski definition) is 0. The molecule has 1 saturated heterocycles. The molecule has 184 valence electrons. The van der Waals surface area contributed by atoms with Gasteiger partial charge in [0.1, 0.15) is 11.2 Å². The summed E-state index contributed by atoms with van der Waals surface area (Å²) in [5, 5.41) is 0. The van der Waals surface area contributed by atoms with Crippen LogP contribution in [0.5, 0.6) is 5.75 Å². The Hall–Kier alpha value is -0.380. The van der Waals surface area contributed by atoms with E-state index in [0.29, 0.717) is 31.7 Å². The van der Waals surface area contributed by atoms with Gasteiger partial charge in [0.05, 0.1) is 20.0 Å². The molecule has 0 spiro atoms. The number of carbonyl (C=O) groups is 3. The van der Waals surface area contributed by atoms with Gasteiger partial charge in [0, 0.05) is 22.6 Å². The molecule has 33 heavy (non-hydrogen) atoms. The van der Waals surface area contributed by atoms with E-state index in [0.717, 1.165) is 10.7 Å². The number of ether oxygens (including phenoxy) is 3. The SMILES string of the molecule is CC(C)(C)OC(=O)N1CCC(C(C)(C)OC(=O)CCC(=O)Oc2c(I)cc(I)cc2I)CC1. The molecule has 1 fully saturated rings. The van der Waals surface area contributed by atoms with Crippen LogP contribution in [0.3, 0.4) is 0 Å². The summed E-state index contributed by atoms with van der Waals surface area (Å²) >= 11 is 6.47. The third kappa shape index (κ3) is 9.30. The predicted molar refractivity (Wildman–Crippen MR) is 150 cm³/mol. The maximum absolute atomic E-state index is 12.4. The predicted octanol–water partition coefficient (Wildman–Crippen LogP) is 6.15. The molecule has 10 heteroatoms. The van der Waals surface area contributed by atoms with E-state index < -0.39 is 23.1 Å². The molecule has 1 aromatic rings. The van der Waals surface area contributed by atoms with Crippen LogP contribution in [0.4, 0.5) is 4.79 Å². The van der Waals surface area contributed by atoms with E-state index in [4.69, 9.17) is 14.2 Å². The van der Waals surface area contributed by atoms with Gasteiger partial charge in [0.25, 0.3) is 0 Å². The second kappa shape index (κ2) is 12.0. The zero-order valence-electron chi connectivity index (χ0n) is 19.5. The smallest absolute Gasteiger partial charge is 0.410 e. The Bertz CT molecular complexity index is 866. The first kappa shape index (κ1) is 28.9. The zero-order chi connectivity index (χ0) is 25.0. The number of esters is 2. The van der Waals surface area contributed by atoms with Crippen LogP contribution in [0.25, 0.3) is 0 Å². The molecule has 0 saturated carbocycles. The Labute approximate surface area is 236 Å². The van der Waals surface area contributed by atoms with Crippen molar-refractivity contribution in [2.45, 2.75) is 71.5 Å². The normalized spacial score (nSPS) is 15.2. The van der Waals surface area contributed by atoms with Gasteiger partial charge in [0.2, 0.25) is 0 Å². The molecule has 0 radical (unpaired) electrons. The van der Waals surface area contributed by atoms with Crippen molar-refractivity contribution in [3.8, 4) is 5.75 Å². The molecule has 1 aliphatic heterocycles. The minimum absolute atomic E-state index is 0.0451. The highest BCUT2D eigenvalue weighted by Crippen LogP contribution is 2.33. The highest BCUT2D eigenvalue weighted by Gasteiger charge is 2.37. The lowest BCUT2D eigenvalue weighted by atomic mass is 9.83. The van der Waals surface area contributed by atoms with Gasteiger partial charge in [-0.05, 0) is 127 Å². The van der Waals surface area contributed by atoms with Crippen molar-refractivity contribution in [3.63, 3.8) is 0 Å². The summed E-state index contributed by atoms with van der Waals surface area (Å²) in [6, 6.07) is 3.85. The van der Waals surface area contributed by atoms with Crippen LogP contribution in [-0.2, 0) is 19.1 Å². The Kier molecular flexibility index (Phi) is 10.5. The maximum atomic E-state index is 12.4. The summed E-state index contributed by atoms with van der Waals surface area (Å²) in [5.74, 6) is -0.264. The van der Waals surface area contributed by atoms with Crippen LogP contribution in [0, 0.1) is 16.6 Å². The van der Waals surface area contributed by atoms with E-state index in [9.17, 15) is 14.4 Å². The van der Waals surface area contributed by atoms with Crippen molar-refractivity contribution in [2.24, 2.45) is 5.92 Å². The van der Waals surface area contributed by atoms with E-state index in [1.807, 2.05) is 46.8 Å². The lowest BCUT2D eigenvalue weighted by Crippen LogP contribution is -2.47. The first-order valence-corrected chi connectivity index (χ1v) is 14.0. The molecular weight excluding hydrogens is 767 g/mol. The number of hydrogen-bond acceptors (Lipinski definition) is 6.